The van der Waals surface area contributed by atoms with E-state index in [1.165, 1.54) is 0 Å². The Kier molecular flexibility index (Phi) is 5.77. The number of carbonyl (C=O) groups excluding carboxylic acids is 1. The third kappa shape index (κ3) is 3.29. The van der Waals surface area contributed by atoms with E-state index < -0.39 is 37.2 Å². The highest BCUT2D eigenvalue weighted by Crippen LogP contribution is 2.05. The Balaban J connectivity index is 4.48. The molecule has 0 aromatic carbocycles. The monoisotopic (exact) mass is 205 g/mol. The van der Waals surface area contributed by atoms with Crippen molar-refractivity contribution in [2.24, 2.45) is 5.11 Å². The summed E-state index contributed by atoms with van der Waals surface area (Å²) in [7, 11) is 0. The van der Waals surface area contributed by atoms with E-state index in [1.807, 2.05) is 0 Å². The zero-order valence-electron chi connectivity index (χ0n) is 7.19. The van der Waals surface area contributed by atoms with Crippen molar-refractivity contribution in [2.75, 3.05) is 13.2 Å². The molecule has 3 atom stereocenters. The number of aliphatic hydroxyl groups excluding tert-OH is 4. The van der Waals surface area contributed by atoms with Crippen molar-refractivity contribution in [3.05, 3.63) is 10.4 Å². The molecule has 0 aromatic heterocycles. The van der Waals surface area contributed by atoms with Gasteiger partial charge in [0, 0.05) is 4.91 Å². The lowest BCUT2D eigenvalue weighted by molar-refractivity contribution is -0.136. The fourth-order valence-electron chi connectivity index (χ4n) is 0.774. The van der Waals surface area contributed by atoms with Crippen LogP contribution in [-0.4, -0.2) is 57.7 Å². The summed E-state index contributed by atoms with van der Waals surface area (Å²) in [6, 6.07) is -1.31. The van der Waals surface area contributed by atoms with Crippen molar-refractivity contribution < 1.29 is 25.2 Å². The normalized spacial score (nSPS) is 16.6. The molecule has 0 saturated heterocycles. The number of ketones is 1. The topological polar surface area (TPSA) is 147 Å². The minimum atomic E-state index is -1.87. The van der Waals surface area contributed by atoms with Crippen LogP contribution in [0.4, 0.5) is 0 Å². The molecule has 0 aromatic rings. The number of hydrogen-bond donors (Lipinski definition) is 4. The molecule has 0 aliphatic carbocycles. The van der Waals surface area contributed by atoms with Crippen LogP contribution in [-0.2, 0) is 4.79 Å². The van der Waals surface area contributed by atoms with E-state index in [-0.39, 0.29) is 0 Å². The van der Waals surface area contributed by atoms with E-state index >= 15 is 0 Å². The van der Waals surface area contributed by atoms with Gasteiger partial charge in [-0.05, 0) is 5.53 Å². The first kappa shape index (κ1) is 12.8. The van der Waals surface area contributed by atoms with Crippen LogP contribution in [0.5, 0.6) is 0 Å². The molecule has 0 amide bonds. The molecule has 0 fully saturated rings. The minimum absolute atomic E-state index is 0.707. The van der Waals surface area contributed by atoms with Gasteiger partial charge in [-0.25, -0.2) is 0 Å². The second-order valence-electron chi connectivity index (χ2n) is 2.51. The van der Waals surface area contributed by atoms with Crippen molar-refractivity contribution in [1.82, 2.24) is 0 Å². The highest BCUT2D eigenvalue weighted by molar-refractivity contribution is 5.84. The number of Topliss-reactive ketones (excluding diaryl/α,β-unsaturated/α-hetero) is 1. The van der Waals surface area contributed by atoms with Gasteiger partial charge in [0.1, 0.15) is 12.7 Å². The van der Waals surface area contributed by atoms with Gasteiger partial charge in [0.05, 0.1) is 18.8 Å². The lowest BCUT2D eigenvalue weighted by Crippen LogP contribution is -2.43. The second-order valence-corrected chi connectivity index (χ2v) is 2.51. The number of aliphatic hydroxyl groups is 4. The number of azide groups is 1. The largest absolute Gasteiger partial charge is 0.396 e. The van der Waals surface area contributed by atoms with E-state index in [9.17, 15) is 9.90 Å². The smallest absolute Gasteiger partial charge is 0.189 e. The van der Waals surface area contributed by atoms with Gasteiger partial charge in [-0.2, -0.15) is 0 Å². The summed E-state index contributed by atoms with van der Waals surface area (Å²) in [6.45, 7) is -1.65. The third-order valence-electron chi connectivity index (χ3n) is 1.59. The Morgan fingerprint density at radius 1 is 1.43 bits per heavy atom. The van der Waals surface area contributed by atoms with Crippen LogP contribution >= 0.6 is 0 Å². The average Bonchev–Trinajstić information content (AvgIpc) is 2.22. The number of nitrogens with zero attached hydrogens (tertiary/aromatic N) is 3. The summed E-state index contributed by atoms with van der Waals surface area (Å²) in [4.78, 5) is 13.0. The summed E-state index contributed by atoms with van der Waals surface area (Å²) < 4.78 is 0. The molecule has 0 spiro atoms. The average molecular weight is 205 g/mol. The highest BCUT2D eigenvalue weighted by atomic mass is 16.3. The molecule has 0 radical (unpaired) electrons. The maximum absolute atomic E-state index is 10.7. The van der Waals surface area contributed by atoms with Crippen LogP contribution in [0, 0.1) is 0 Å². The van der Waals surface area contributed by atoms with Gasteiger partial charge in [-0.15, -0.1) is 0 Å². The number of carbonyl (C=O) groups is 1. The molecule has 8 nitrogen and oxygen atoms in total. The summed E-state index contributed by atoms with van der Waals surface area (Å²) in [6.07, 6.45) is -3.60. The van der Waals surface area contributed by atoms with Gasteiger partial charge in [0.25, 0.3) is 0 Å². The molecular formula is C6H11N3O5. The van der Waals surface area contributed by atoms with Crippen LogP contribution in [0.15, 0.2) is 5.11 Å². The third-order valence-corrected chi connectivity index (χ3v) is 1.59. The van der Waals surface area contributed by atoms with Gasteiger partial charge in [0.15, 0.2) is 5.78 Å². The van der Waals surface area contributed by atoms with Gasteiger partial charge in [-0.3, -0.25) is 4.79 Å². The molecule has 4 N–H and O–H groups in total. The van der Waals surface area contributed by atoms with E-state index in [1.54, 1.807) is 0 Å². The summed E-state index contributed by atoms with van der Waals surface area (Å²) in [5.41, 5.74) is 8.01. The Morgan fingerprint density at radius 3 is 2.36 bits per heavy atom. The van der Waals surface area contributed by atoms with Gasteiger partial charge < -0.3 is 20.4 Å². The van der Waals surface area contributed by atoms with Gasteiger partial charge in [-0.1, -0.05) is 5.11 Å². The summed E-state index contributed by atoms with van der Waals surface area (Å²) in [5, 5.41) is 38.2. The SMILES string of the molecule is [N-]=[N+]=N[C@H](CO)[C@H](O)[C@@H](O)C(=O)CO. The molecule has 0 rings (SSSR count). The first-order chi connectivity index (χ1) is 6.58. The van der Waals surface area contributed by atoms with Crippen LogP contribution in [0.25, 0.3) is 10.4 Å². The maximum Gasteiger partial charge on any atom is 0.189 e. The molecule has 0 aliphatic heterocycles. The van der Waals surface area contributed by atoms with Crippen molar-refractivity contribution in [2.45, 2.75) is 18.2 Å². The van der Waals surface area contributed by atoms with Gasteiger partial charge >= 0.3 is 0 Å². The Labute approximate surface area is 79.0 Å². The quantitative estimate of drug-likeness (QED) is 0.223. The minimum Gasteiger partial charge on any atom is -0.396 e. The van der Waals surface area contributed by atoms with Crippen LogP contribution in [0.1, 0.15) is 0 Å². The predicted molar refractivity (Wildman–Crippen MR) is 44.1 cm³/mol. The van der Waals surface area contributed by atoms with E-state index in [0.717, 1.165) is 0 Å². The fraction of sp³-hybridized carbons (Fsp3) is 0.833. The molecule has 0 saturated carbocycles. The molecule has 8 heteroatoms. The first-order valence-electron chi connectivity index (χ1n) is 3.73. The molecule has 80 valence electrons. The lowest BCUT2D eigenvalue weighted by Gasteiger charge is -2.20. The second kappa shape index (κ2) is 6.30. The first-order valence-corrected chi connectivity index (χ1v) is 3.73. The van der Waals surface area contributed by atoms with E-state index in [0.29, 0.717) is 0 Å². The molecular weight excluding hydrogens is 194 g/mol. The Bertz CT molecular complexity index is 240. The Morgan fingerprint density at radius 2 is 2.00 bits per heavy atom. The van der Waals surface area contributed by atoms with Crippen LogP contribution in [0.3, 0.4) is 0 Å². The predicted octanol–water partition coefficient (Wildman–Crippen LogP) is -2.06. The number of hydrogen-bond acceptors (Lipinski definition) is 6. The summed E-state index contributed by atoms with van der Waals surface area (Å²) >= 11 is 0. The molecule has 0 bridgehead atoms. The standard InChI is InChI=1S/C6H11N3O5/c7-9-8-3(1-10)5(13)6(14)4(12)2-11/h3,5-6,10-11,13-14H,1-2H2/t3-,5+,6+/m1/s1. The van der Waals surface area contributed by atoms with Crippen LogP contribution < -0.4 is 0 Å². The zero-order valence-corrected chi connectivity index (χ0v) is 7.19. The van der Waals surface area contributed by atoms with Crippen molar-refractivity contribution in [3.8, 4) is 0 Å². The molecule has 0 aliphatic rings. The van der Waals surface area contributed by atoms with Gasteiger partial charge in [0.2, 0.25) is 0 Å². The maximum atomic E-state index is 10.7. The van der Waals surface area contributed by atoms with Crippen molar-refractivity contribution in [1.29, 1.82) is 0 Å². The van der Waals surface area contributed by atoms with E-state index in [4.69, 9.17) is 20.9 Å². The van der Waals surface area contributed by atoms with E-state index in [2.05, 4.69) is 10.0 Å². The summed E-state index contributed by atoms with van der Waals surface area (Å²) in [5.74, 6) is -1.01. The zero-order chi connectivity index (χ0) is 11.1. The fourth-order valence-corrected chi connectivity index (χ4v) is 0.774. The van der Waals surface area contributed by atoms with Crippen molar-refractivity contribution >= 4 is 5.78 Å². The lowest BCUT2D eigenvalue weighted by atomic mass is 10.0. The number of rotatable bonds is 6. The molecule has 14 heavy (non-hydrogen) atoms. The van der Waals surface area contributed by atoms with Crippen molar-refractivity contribution in [3.63, 3.8) is 0 Å². The molecule has 0 heterocycles. The highest BCUT2D eigenvalue weighted by Gasteiger charge is 2.29. The van der Waals surface area contributed by atoms with Crippen LogP contribution in [0.2, 0.25) is 0 Å². The molecule has 0 unspecified atom stereocenters. The Hall–Kier alpha value is -1.18.